The zero-order valence-electron chi connectivity index (χ0n) is 14.5. The highest BCUT2D eigenvalue weighted by atomic mass is 16.5. The molecule has 0 spiro atoms. The summed E-state index contributed by atoms with van der Waals surface area (Å²) < 4.78 is 8.53. The molecule has 3 aromatic rings. The number of fused-ring (bicyclic) bond motifs is 1. The SMILES string of the molecule is C=Cn1c[n+](CC(=O)c2[nH]c(C)c(C(=O)OC)c2C)c2ccccc21. The Morgan fingerprint density at radius 3 is 2.72 bits per heavy atom. The minimum Gasteiger partial charge on any atom is -0.465 e. The third-order valence-electron chi connectivity index (χ3n) is 4.35. The summed E-state index contributed by atoms with van der Waals surface area (Å²) in [5, 5.41) is 0. The van der Waals surface area contributed by atoms with Gasteiger partial charge in [0.2, 0.25) is 12.1 Å². The minimum absolute atomic E-state index is 0.104. The molecule has 0 saturated carbocycles. The molecule has 6 nitrogen and oxygen atoms in total. The van der Waals surface area contributed by atoms with Crippen LogP contribution in [0, 0.1) is 13.8 Å². The van der Waals surface area contributed by atoms with E-state index in [1.54, 1.807) is 20.0 Å². The third-order valence-corrected chi connectivity index (χ3v) is 4.35. The second kappa shape index (κ2) is 6.39. The first-order valence-electron chi connectivity index (χ1n) is 7.90. The van der Waals surface area contributed by atoms with Gasteiger partial charge in [0.25, 0.3) is 0 Å². The summed E-state index contributed by atoms with van der Waals surface area (Å²) in [7, 11) is 1.33. The summed E-state index contributed by atoms with van der Waals surface area (Å²) >= 11 is 0. The number of methoxy groups -OCH3 is 1. The van der Waals surface area contributed by atoms with Gasteiger partial charge in [-0.05, 0) is 31.5 Å². The largest absolute Gasteiger partial charge is 0.465 e. The monoisotopic (exact) mass is 338 g/mol. The topological polar surface area (TPSA) is 68.0 Å². The number of imidazole rings is 1. The van der Waals surface area contributed by atoms with Crippen LogP contribution in [-0.4, -0.2) is 28.4 Å². The van der Waals surface area contributed by atoms with Gasteiger partial charge in [-0.25, -0.2) is 13.9 Å². The van der Waals surface area contributed by atoms with Crippen molar-refractivity contribution in [2.75, 3.05) is 7.11 Å². The number of esters is 1. The molecule has 2 heterocycles. The van der Waals surface area contributed by atoms with E-state index < -0.39 is 5.97 Å². The lowest BCUT2D eigenvalue weighted by atomic mass is 10.1. The molecule has 0 bridgehead atoms. The third kappa shape index (κ3) is 2.76. The van der Waals surface area contributed by atoms with Gasteiger partial charge in [-0.2, -0.15) is 0 Å². The first-order chi connectivity index (χ1) is 12.0. The van der Waals surface area contributed by atoms with Gasteiger partial charge in [0.05, 0.1) is 24.6 Å². The number of hydrogen-bond donors (Lipinski definition) is 1. The number of carbonyl (C=O) groups is 2. The molecule has 0 fully saturated rings. The van der Waals surface area contributed by atoms with E-state index in [1.165, 1.54) is 7.11 Å². The molecule has 0 saturated heterocycles. The highest BCUT2D eigenvalue weighted by Gasteiger charge is 2.24. The van der Waals surface area contributed by atoms with Crippen LogP contribution >= 0.6 is 0 Å². The average Bonchev–Trinajstić information content (AvgIpc) is 3.11. The molecule has 0 radical (unpaired) electrons. The Balaban J connectivity index is 1.99. The highest BCUT2D eigenvalue weighted by molar-refractivity contribution is 6.01. The number of aromatic amines is 1. The van der Waals surface area contributed by atoms with Gasteiger partial charge in [-0.1, -0.05) is 18.7 Å². The van der Waals surface area contributed by atoms with Crippen molar-refractivity contribution in [3.05, 3.63) is 59.7 Å². The molecule has 0 aliphatic rings. The van der Waals surface area contributed by atoms with Gasteiger partial charge >= 0.3 is 5.97 Å². The highest BCUT2D eigenvalue weighted by Crippen LogP contribution is 2.19. The maximum atomic E-state index is 12.8. The number of carbonyl (C=O) groups excluding carboxylic acids is 2. The lowest BCUT2D eigenvalue weighted by Gasteiger charge is -2.00. The van der Waals surface area contributed by atoms with Crippen molar-refractivity contribution in [2.24, 2.45) is 0 Å². The Labute approximate surface area is 145 Å². The Kier molecular flexibility index (Phi) is 4.27. The van der Waals surface area contributed by atoms with Gasteiger partial charge < -0.3 is 9.72 Å². The molecule has 128 valence electrons. The summed E-state index contributed by atoms with van der Waals surface area (Å²) in [4.78, 5) is 27.7. The number of aryl methyl sites for hydroxylation is 1. The van der Waals surface area contributed by atoms with E-state index in [-0.39, 0.29) is 12.3 Å². The molecule has 6 heteroatoms. The van der Waals surface area contributed by atoms with Crippen LogP contribution in [0.4, 0.5) is 0 Å². The van der Waals surface area contributed by atoms with Gasteiger partial charge in [0.1, 0.15) is 0 Å². The summed E-state index contributed by atoms with van der Waals surface area (Å²) in [5.41, 5.74) is 4.00. The first-order valence-corrected chi connectivity index (χ1v) is 7.90. The number of nitrogens with one attached hydrogen (secondary N) is 1. The number of H-pyrrole nitrogens is 1. The van der Waals surface area contributed by atoms with Crippen LogP contribution in [-0.2, 0) is 11.3 Å². The zero-order valence-corrected chi connectivity index (χ0v) is 14.5. The van der Waals surface area contributed by atoms with Crippen LogP contribution in [0.2, 0.25) is 0 Å². The second-order valence-corrected chi connectivity index (χ2v) is 5.86. The van der Waals surface area contributed by atoms with Crippen molar-refractivity contribution in [3.63, 3.8) is 0 Å². The van der Waals surface area contributed by atoms with E-state index in [0.717, 1.165) is 11.0 Å². The summed E-state index contributed by atoms with van der Waals surface area (Å²) in [6, 6.07) is 7.79. The van der Waals surface area contributed by atoms with E-state index in [1.807, 2.05) is 39.7 Å². The Bertz CT molecular complexity index is 995. The van der Waals surface area contributed by atoms with Gasteiger partial charge in [-0.3, -0.25) is 4.79 Å². The molecule has 0 amide bonds. The summed E-state index contributed by atoms with van der Waals surface area (Å²) in [6.45, 7) is 7.46. The lowest BCUT2D eigenvalue weighted by molar-refractivity contribution is -0.657. The number of ketones is 1. The number of ether oxygens (including phenoxy) is 1. The quantitative estimate of drug-likeness (QED) is 0.442. The van der Waals surface area contributed by atoms with Crippen molar-refractivity contribution in [1.29, 1.82) is 0 Å². The number of Topliss-reactive ketones (excluding diaryl/α,β-unsaturated/α-hetero) is 1. The fourth-order valence-electron chi connectivity index (χ4n) is 3.14. The van der Waals surface area contributed by atoms with Crippen LogP contribution in [0.3, 0.4) is 0 Å². The molecule has 1 aromatic carbocycles. The van der Waals surface area contributed by atoms with E-state index in [2.05, 4.69) is 11.6 Å². The normalized spacial score (nSPS) is 10.8. The van der Waals surface area contributed by atoms with Gasteiger partial charge in [0.15, 0.2) is 17.6 Å². The van der Waals surface area contributed by atoms with Crippen molar-refractivity contribution in [1.82, 2.24) is 9.55 Å². The lowest BCUT2D eigenvalue weighted by Crippen LogP contribution is -2.37. The molecule has 1 N–H and O–H groups in total. The molecule has 0 atom stereocenters. The molecule has 25 heavy (non-hydrogen) atoms. The molecule has 0 aliphatic heterocycles. The van der Waals surface area contributed by atoms with Gasteiger partial charge in [-0.15, -0.1) is 0 Å². The summed E-state index contributed by atoms with van der Waals surface area (Å²) in [5.74, 6) is -0.547. The smallest absolute Gasteiger partial charge is 0.339 e. The minimum atomic E-state index is -0.443. The Morgan fingerprint density at radius 2 is 2.04 bits per heavy atom. The maximum absolute atomic E-state index is 12.8. The number of rotatable bonds is 5. The average molecular weight is 338 g/mol. The molecule has 0 unspecified atom stereocenters. The number of nitrogens with zero attached hydrogens (tertiary/aromatic N) is 2. The predicted octanol–water partition coefficient (Wildman–Crippen LogP) is 2.64. The van der Waals surface area contributed by atoms with Crippen LogP contribution in [0.15, 0.2) is 37.2 Å². The van der Waals surface area contributed by atoms with Crippen molar-refractivity contribution in [3.8, 4) is 0 Å². The Morgan fingerprint density at radius 1 is 1.32 bits per heavy atom. The predicted molar refractivity (Wildman–Crippen MR) is 94.5 cm³/mol. The molecular formula is C19H20N3O3+. The van der Waals surface area contributed by atoms with Crippen molar-refractivity contribution in [2.45, 2.75) is 20.4 Å². The molecular weight excluding hydrogens is 318 g/mol. The number of benzene rings is 1. The van der Waals surface area contributed by atoms with Crippen LogP contribution in [0.5, 0.6) is 0 Å². The van der Waals surface area contributed by atoms with E-state index >= 15 is 0 Å². The van der Waals surface area contributed by atoms with E-state index in [9.17, 15) is 9.59 Å². The first kappa shape index (κ1) is 16.7. The van der Waals surface area contributed by atoms with Crippen LogP contribution in [0.1, 0.15) is 32.1 Å². The van der Waals surface area contributed by atoms with E-state index in [0.29, 0.717) is 22.5 Å². The molecule has 0 aliphatic carbocycles. The second-order valence-electron chi connectivity index (χ2n) is 5.86. The maximum Gasteiger partial charge on any atom is 0.339 e. The standard InChI is InChI=1S/C19H19N3O3/c1-5-21-11-22(15-9-7-6-8-14(15)21)10-16(23)18-12(2)17(13(3)20-18)19(24)25-4/h5-9,11H,1,10H2,2-4H3/p+1. The van der Waals surface area contributed by atoms with Crippen LogP contribution < -0.4 is 4.57 Å². The van der Waals surface area contributed by atoms with Crippen molar-refractivity contribution >= 4 is 29.0 Å². The molecule has 3 rings (SSSR count). The zero-order chi connectivity index (χ0) is 18.1. The summed E-state index contributed by atoms with van der Waals surface area (Å²) in [6.07, 6.45) is 3.53. The number of aromatic nitrogens is 3. The number of hydrogen-bond acceptors (Lipinski definition) is 3. The van der Waals surface area contributed by atoms with Crippen LogP contribution in [0.25, 0.3) is 17.2 Å². The van der Waals surface area contributed by atoms with Crippen molar-refractivity contribution < 1.29 is 18.9 Å². The van der Waals surface area contributed by atoms with E-state index in [4.69, 9.17) is 4.74 Å². The number of para-hydroxylation sites is 2. The van der Waals surface area contributed by atoms with Gasteiger partial charge in [0, 0.05) is 5.69 Å². The molecule has 2 aromatic heterocycles. The fraction of sp³-hybridized carbons (Fsp3) is 0.211. The Hall–Kier alpha value is -3.15. The fourth-order valence-corrected chi connectivity index (χ4v) is 3.14.